The summed E-state index contributed by atoms with van der Waals surface area (Å²) in [7, 11) is 1.52. The smallest absolute Gasteiger partial charge is 0.279 e. The summed E-state index contributed by atoms with van der Waals surface area (Å²) in [6.07, 6.45) is 1.37. The van der Waals surface area contributed by atoms with Crippen molar-refractivity contribution >= 4 is 11.7 Å². The Hall–Kier alpha value is -2.72. The van der Waals surface area contributed by atoms with Gasteiger partial charge in [0, 0.05) is 19.4 Å². The molecule has 0 saturated heterocycles. The van der Waals surface area contributed by atoms with E-state index in [4.69, 9.17) is 14.5 Å². The summed E-state index contributed by atoms with van der Waals surface area (Å²) in [5, 5.41) is 14.8. The third-order valence-electron chi connectivity index (χ3n) is 2.21. The highest BCUT2D eigenvalue weighted by molar-refractivity contribution is 6.02. The molecule has 96 valence electrons. The number of aromatic nitrogens is 2. The van der Waals surface area contributed by atoms with Crippen LogP contribution in [0.4, 0.5) is 5.82 Å². The predicted octanol–water partition coefficient (Wildman–Crippen LogP) is 1.34. The number of carbonyl (C=O) groups excluding carboxylic acids is 1. The van der Waals surface area contributed by atoms with Crippen molar-refractivity contribution in [3.05, 3.63) is 41.4 Å². The molecule has 2 rings (SSSR count). The molecule has 0 fully saturated rings. The second kappa shape index (κ2) is 5.75. The molecule has 0 radical (unpaired) electrons. The van der Waals surface area contributed by atoms with Crippen LogP contribution in [-0.4, -0.2) is 23.2 Å². The lowest BCUT2D eigenvalue weighted by molar-refractivity contribution is 0.101. The van der Waals surface area contributed by atoms with Crippen molar-refractivity contribution in [2.75, 3.05) is 12.4 Å². The summed E-state index contributed by atoms with van der Waals surface area (Å²) in [6, 6.07) is 6.52. The lowest BCUT2D eigenvalue weighted by atomic mass is 10.3. The van der Waals surface area contributed by atoms with E-state index in [0.717, 1.165) is 0 Å². The van der Waals surface area contributed by atoms with Crippen molar-refractivity contribution in [3.8, 4) is 6.07 Å². The van der Waals surface area contributed by atoms with Crippen molar-refractivity contribution in [1.29, 1.82) is 5.26 Å². The predicted molar refractivity (Wildman–Crippen MR) is 64.1 cm³/mol. The van der Waals surface area contributed by atoms with Crippen LogP contribution >= 0.6 is 0 Å². The molecule has 0 aromatic carbocycles. The van der Waals surface area contributed by atoms with Crippen molar-refractivity contribution in [3.63, 3.8) is 0 Å². The molecule has 0 saturated carbocycles. The van der Waals surface area contributed by atoms with Gasteiger partial charge in [-0.05, 0) is 12.1 Å². The zero-order valence-electron chi connectivity index (χ0n) is 10.1. The van der Waals surface area contributed by atoms with Crippen molar-refractivity contribution < 1.29 is 14.1 Å². The quantitative estimate of drug-likeness (QED) is 0.887. The molecule has 0 unspecified atom stereocenters. The van der Waals surface area contributed by atoms with Crippen molar-refractivity contribution in [2.24, 2.45) is 0 Å². The largest absolute Gasteiger partial charge is 0.377 e. The van der Waals surface area contributed by atoms with E-state index >= 15 is 0 Å². The number of pyridine rings is 1. The van der Waals surface area contributed by atoms with Gasteiger partial charge in [0.05, 0.1) is 5.56 Å². The molecule has 0 aliphatic rings. The Balaban J connectivity index is 2.05. The number of amides is 1. The van der Waals surface area contributed by atoms with Crippen LogP contribution in [0.1, 0.15) is 21.8 Å². The summed E-state index contributed by atoms with van der Waals surface area (Å²) in [6.45, 7) is 0.245. The van der Waals surface area contributed by atoms with Gasteiger partial charge in [0.1, 0.15) is 18.5 Å². The molecule has 0 atom stereocenters. The Kier molecular flexibility index (Phi) is 3.85. The second-order valence-electron chi connectivity index (χ2n) is 3.61. The van der Waals surface area contributed by atoms with E-state index in [1.54, 1.807) is 6.07 Å². The SMILES string of the molecule is COCc1cc(C(=O)Nc2ccc(C#N)cn2)no1. The number of nitrogens with one attached hydrogen (secondary N) is 1. The number of nitrogens with zero attached hydrogens (tertiary/aromatic N) is 3. The van der Waals surface area contributed by atoms with Gasteiger partial charge in [-0.25, -0.2) is 4.98 Å². The third kappa shape index (κ3) is 3.14. The number of nitriles is 1. The molecule has 0 spiro atoms. The summed E-state index contributed by atoms with van der Waals surface area (Å²) < 4.78 is 9.76. The van der Waals surface area contributed by atoms with E-state index in [1.807, 2.05) is 6.07 Å². The highest BCUT2D eigenvalue weighted by atomic mass is 16.5. The zero-order chi connectivity index (χ0) is 13.7. The Morgan fingerprint density at radius 1 is 1.58 bits per heavy atom. The van der Waals surface area contributed by atoms with E-state index in [0.29, 0.717) is 17.1 Å². The van der Waals surface area contributed by atoms with Crippen molar-refractivity contribution in [1.82, 2.24) is 10.1 Å². The number of hydrogen-bond acceptors (Lipinski definition) is 6. The Labute approximate surface area is 108 Å². The summed E-state index contributed by atoms with van der Waals surface area (Å²) >= 11 is 0. The minimum Gasteiger partial charge on any atom is -0.377 e. The Morgan fingerprint density at radius 2 is 2.42 bits per heavy atom. The average molecular weight is 258 g/mol. The fourth-order valence-electron chi connectivity index (χ4n) is 1.34. The van der Waals surface area contributed by atoms with Crippen LogP contribution in [-0.2, 0) is 11.3 Å². The number of anilines is 1. The van der Waals surface area contributed by atoms with Crippen LogP contribution in [0.15, 0.2) is 28.9 Å². The highest BCUT2D eigenvalue weighted by Crippen LogP contribution is 2.09. The van der Waals surface area contributed by atoms with Crippen LogP contribution in [0.5, 0.6) is 0 Å². The van der Waals surface area contributed by atoms with E-state index in [-0.39, 0.29) is 12.3 Å². The normalized spacial score (nSPS) is 9.89. The first-order valence-electron chi connectivity index (χ1n) is 5.35. The van der Waals surface area contributed by atoms with Gasteiger partial charge in [-0.2, -0.15) is 5.26 Å². The average Bonchev–Trinajstić information content (AvgIpc) is 2.89. The number of methoxy groups -OCH3 is 1. The molecule has 7 nitrogen and oxygen atoms in total. The van der Waals surface area contributed by atoms with Gasteiger partial charge in [-0.3, -0.25) is 4.79 Å². The summed E-state index contributed by atoms with van der Waals surface area (Å²) in [5.41, 5.74) is 0.556. The standard InChI is InChI=1S/C12H10N4O3/c1-18-7-9-4-10(16-19-9)12(17)15-11-3-2-8(5-13)6-14-11/h2-4,6H,7H2,1H3,(H,14,15,17). The van der Waals surface area contributed by atoms with Gasteiger partial charge in [0.15, 0.2) is 11.5 Å². The second-order valence-corrected chi connectivity index (χ2v) is 3.61. The molecular formula is C12H10N4O3. The van der Waals surface area contributed by atoms with E-state index in [9.17, 15) is 4.79 Å². The third-order valence-corrected chi connectivity index (χ3v) is 2.21. The minimum absolute atomic E-state index is 0.137. The van der Waals surface area contributed by atoms with E-state index < -0.39 is 5.91 Å². The Morgan fingerprint density at radius 3 is 3.05 bits per heavy atom. The molecular weight excluding hydrogens is 248 g/mol. The van der Waals surface area contributed by atoms with Crippen LogP contribution in [0.3, 0.4) is 0 Å². The first-order valence-corrected chi connectivity index (χ1v) is 5.35. The fraction of sp³-hybridized carbons (Fsp3) is 0.167. The van der Waals surface area contributed by atoms with Gasteiger partial charge in [-0.15, -0.1) is 0 Å². The topological polar surface area (TPSA) is 101 Å². The highest BCUT2D eigenvalue weighted by Gasteiger charge is 2.13. The van der Waals surface area contributed by atoms with E-state index in [1.165, 1.54) is 25.4 Å². The zero-order valence-corrected chi connectivity index (χ0v) is 10.1. The maximum Gasteiger partial charge on any atom is 0.279 e. The van der Waals surface area contributed by atoms with Gasteiger partial charge >= 0.3 is 0 Å². The molecule has 2 aromatic rings. The van der Waals surface area contributed by atoms with Gasteiger partial charge in [0.25, 0.3) is 5.91 Å². The van der Waals surface area contributed by atoms with Crippen LogP contribution < -0.4 is 5.32 Å². The number of ether oxygens (including phenoxy) is 1. The molecule has 1 N–H and O–H groups in total. The van der Waals surface area contributed by atoms with Crippen molar-refractivity contribution in [2.45, 2.75) is 6.61 Å². The monoisotopic (exact) mass is 258 g/mol. The molecule has 0 aliphatic carbocycles. The molecule has 2 aromatic heterocycles. The minimum atomic E-state index is -0.441. The lowest BCUT2D eigenvalue weighted by Crippen LogP contribution is -2.13. The van der Waals surface area contributed by atoms with Gasteiger partial charge < -0.3 is 14.6 Å². The molecule has 1 amide bonds. The van der Waals surface area contributed by atoms with Gasteiger partial charge in [0.2, 0.25) is 0 Å². The maximum atomic E-state index is 11.8. The van der Waals surface area contributed by atoms with E-state index in [2.05, 4.69) is 15.5 Å². The summed E-state index contributed by atoms with van der Waals surface area (Å²) in [4.78, 5) is 15.7. The molecule has 2 heterocycles. The van der Waals surface area contributed by atoms with Crippen LogP contribution in [0.2, 0.25) is 0 Å². The molecule has 0 bridgehead atoms. The number of hydrogen-bond donors (Lipinski definition) is 1. The van der Waals surface area contributed by atoms with Crippen LogP contribution in [0.25, 0.3) is 0 Å². The lowest BCUT2D eigenvalue weighted by Gasteiger charge is -2.00. The molecule has 0 aliphatic heterocycles. The van der Waals surface area contributed by atoms with Crippen LogP contribution in [0, 0.1) is 11.3 Å². The molecule has 19 heavy (non-hydrogen) atoms. The van der Waals surface area contributed by atoms with Gasteiger partial charge in [-0.1, -0.05) is 5.16 Å². The fourth-order valence-corrected chi connectivity index (χ4v) is 1.34. The first-order chi connectivity index (χ1) is 9.22. The maximum absolute atomic E-state index is 11.8. The first kappa shape index (κ1) is 12.7. The number of carbonyl (C=O) groups is 1. The molecule has 7 heteroatoms. The number of rotatable bonds is 4. The Bertz CT molecular complexity index is 613. The summed E-state index contributed by atoms with van der Waals surface area (Å²) in [5.74, 6) is 0.351.